The summed E-state index contributed by atoms with van der Waals surface area (Å²) in [5, 5.41) is 11.2. The van der Waals surface area contributed by atoms with Crippen molar-refractivity contribution in [1.82, 2.24) is 10.2 Å². The molecule has 0 saturated carbocycles. The second-order valence-electron chi connectivity index (χ2n) is 6.35. The largest absolute Gasteiger partial charge is 0.492 e. The lowest BCUT2D eigenvalue weighted by atomic mass is 10.0. The number of rotatable bonds is 5. The van der Waals surface area contributed by atoms with Gasteiger partial charge in [0, 0.05) is 13.1 Å². The van der Waals surface area contributed by atoms with Gasteiger partial charge in [-0.05, 0) is 49.9 Å². The molecule has 132 valence electrons. The molecule has 0 spiro atoms. The highest BCUT2D eigenvalue weighted by Gasteiger charge is 2.18. The normalized spacial score (nSPS) is 17.2. The Morgan fingerprint density at radius 2 is 2.12 bits per heavy atom. The lowest BCUT2D eigenvalue weighted by Crippen LogP contribution is -2.35. The number of aromatic nitrogens is 2. The van der Waals surface area contributed by atoms with Crippen LogP contribution in [0.5, 0.6) is 5.75 Å². The maximum Gasteiger partial charge on any atom is 0.276 e. The molecular formula is C19H24N4O2. The molecule has 1 N–H and O–H groups in total. The van der Waals surface area contributed by atoms with Crippen molar-refractivity contribution in [2.75, 3.05) is 29.9 Å². The summed E-state index contributed by atoms with van der Waals surface area (Å²) in [6, 6.07) is 10.9. The van der Waals surface area contributed by atoms with Gasteiger partial charge in [0.25, 0.3) is 5.91 Å². The predicted molar refractivity (Wildman–Crippen MR) is 98.2 cm³/mol. The Morgan fingerprint density at radius 1 is 1.28 bits per heavy atom. The summed E-state index contributed by atoms with van der Waals surface area (Å²) in [4.78, 5) is 14.7. The van der Waals surface area contributed by atoms with Crippen molar-refractivity contribution in [3.63, 3.8) is 0 Å². The molecule has 0 radical (unpaired) electrons. The van der Waals surface area contributed by atoms with Gasteiger partial charge in [0.15, 0.2) is 11.5 Å². The fourth-order valence-electron chi connectivity index (χ4n) is 3.05. The molecule has 2 aromatic rings. The highest BCUT2D eigenvalue weighted by molar-refractivity contribution is 6.03. The Balaban J connectivity index is 1.69. The zero-order valence-corrected chi connectivity index (χ0v) is 14.7. The lowest BCUT2D eigenvalue weighted by Gasteiger charge is -2.31. The summed E-state index contributed by atoms with van der Waals surface area (Å²) < 4.78 is 5.52. The van der Waals surface area contributed by atoms with Gasteiger partial charge in [-0.1, -0.05) is 19.1 Å². The summed E-state index contributed by atoms with van der Waals surface area (Å²) in [5.74, 6) is 1.84. The number of benzene rings is 1. The fraction of sp³-hybridized carbons (Fsp3) is 0.421. The first-order chi connectivity index (χ1) is 12.2. The van der Waals surface area contributed by atoms with Crippen LogP contribution < -0.4 is 15.0 Å². The molecule has 1 amide bonds. The number of nitrogens with one attached hydrogen (secondary N) is 1. The maximum atomic E-state index is 12.4. The van der Waals surface area contributed by atoms with E-state index >= 15 is 0 Å². The topological polar surface area (TPSA) is 67.3 Å². The Bertz CT molecular complexity index is 718. The number of hydrogen-bond donors (Lipinski definition) is 1. The van der Waals surface area contributed by atoms with E-state index in [9.17, 15) is 4.79 Å². The van der Waals surface area contributed by atoms with E-state index in [0.29, 0.717) is 29.7 Å². The molecule has 0 bridgehead atoms. The zero-order valence-electron chi connectivity index (χ0n) is 14.7. The van der Waals surface area contributed by atoms with E-state index in [4.69, 9.17) is 4.74 Å². The highest BCUT2D eigenvalue weighted by Crippen LogP contribution is 2.24. The number of carbonyl (C=O) groups excluding carboxylic acids is 1. The number of hydrogen-bond acceptors (Lipinski definition) is 5. The molecule has 2 heterocycles. The van der Waals surface area contributed by atoms with Crippen LogP contribution in [0, 0.1) is 5.92 Å². The van der Waals surface area contributed by atoms with Crippen LogP contribution in [0.2, 0.25) is 0 Å². The van der Waals surface area contributed by atoms with Gasteiger partial charge < -0.3 is 15.0 Å². The molecule has 1 aromatic heterocycles. The van der Waals surface area contributed by atoms with Gasteiger partial charge in [0.1, 0.15) is 5.75 Å². The van der Waals surface area contributed by atoms with Gasteiger partial charge in [0.2, 0.25) is 0 Å². The van der Waals surface area contributed by atoms with Gasteiger partial charge >= 0.3 is 0 Å². The van der Waals surface area contributed by atoms with E-state index in [1.165, 1.54) is 12.8 Å². The van der Waals surface area contributed by atoms with Crippen LogP contribution in [-0.4, -0.2) is 35.8 Å². The van der Waals surface area contributed by atoms with Gasteiger partial charge in [-0.15, -0.1) is 10.2 Å². The van der Waals surface area contributed by atoms with E-state index < -0.39 is 0 Å². The Labute approximate surface area is 148 Å². The molecule has 1 unspecified atom stereocenters. The first kappa shape index (κ1) is 17.2. The molecule has 3 rings (SSSR count). The molecule has 6 heteroatoms. The van der Waals surface area contributed by atoms with Crippen molar-refractivity contribution in [2.24, 2.45) is 5.92 Å². The molecular weight excluding hydrogens is 316 g/mol. The molecule has 1 atom stereocenters. The van der Waals surface area contributed by atoms with Crippen molar-refractivity contribution in [2.45, 2.75) is 26.7 Å². The quantitative estimate of drug-likeness (QED) is 0.904. The van der Waals surface area contributed by atoms with Crippen LogP contribution >= 0.6 is 0 Å². The van der Waals surface area contributed by atoms with Crippen molar-refractivity contribution in [3.8, 4) is 5.75 Å². The Kier molecular flexibility index (Phi) is 5.48. The third-order valence-corrected chi connectivity index (χ3v) is 4.30. The minimum atomic E-state index is -0.293. The van der Waals surface area contributed by atoms with Gasteiger partial charge in [0.05, 0.1) is 12.3 Å². The number of nitrogens with zero attached hydrogens (tertiary/aromatic N) is 3. The van der Waals surface area contributed by atoms with Crippen molar-refractivity contribution in [1.29, 1.82) is 0 Å². The van der Waals surface area contributed by atoms with Crippen molar-refractivity contribution < 1.29 is 9.53 Å². The summed E-state index contributed by atoms with van der Waals surface area (Å²) in [7, 11) is 0. The molecule has 1 aromatic carbocycles. The van der Waals surface area contributed by atoms with Gasteiger partial charge in [-0.3, -0.25) is 4.79 Å². The summed E-state index contributed by atoms with van der Waals surface area (Å²) in [5.41, 5.74) is 0.921. The van der Waals surface area contributed by atoms with E-state index in [2.05, 4.69) is 27.3 Å². The van der Waals surface area contributed by atoms with Gasteiger partial charge in [-0.2, -0.15) is 0 Å². The van der Waals surface area contributed by atoms with Crippen LogP contribution in [0.1, 0.15) is 37.2 Å². The summed E-state index contributed by atoms with van der Waals surface area (Å²) >= 11 is 0. The van der Waals surface area contributed by atoms with Gasteiger partial charge in [-0.25, -0.2) is 0 Å². The average molecular weight is 340 g/mol. The van der Waals surface area contributed by atoms with E-state index in [0.717, 1.165) is 18.9 Å². The second kappa shape index (κ2) is 7.96. The third kappa shape index (κ3) is 4.26. The third-order valence-electron chi connectivity index (χ3n) is 4.30. The summed E-state index contributed by atoms with van der Waals surface area (Å²) in [6.45, 7) is 6.67. The molecule has 25 heavy (non-hydrogen) atoms. The monoisotopic (exact) mass is 340 g/mol. The molecule has 6 nitrogen and oxygen atoms in total. The lowest BCUT2D eigenvalue weighted by molar-refractivity contribution is 0.102. The highest BCUT2D eigenvalue weighted by atomic mass is 16.5. The minimum absolute atomic E-state index is 0.292. The Morgan fingerprint density at radius 3 is 2.84 bits per heavy atom. The number of piperidine rings is 1. The van der Waals surface area contributed by atoms with Crippen LogP contribution in [-0.2, 0) is 0 Å². The number of anilines is 2. The zero-order chi connectivity index (χ0) is 17.6. The van der Waals surface area contributed by atoms with E-state index in [1.54, 1.807) is 12.1 Å². The SMILES string of the molecule is CCOc1ccccc1NC(=O)c1ccc(N2CCCC(C)C2)nn1. The van der Waals surface area contributed by atoms with Crippen LogP contribution in [0.25, 0.3) is 0 Å². The Hall–Kier alpha value is -2.63. The van der Waals surface area contributed by atoms with Crippen molar-refractivity contribution >= 4 is 17.4 Å². The standard InChI is InChI=1S/C19H24N4O2/c1-3-25-17-9-5-4-8-15(17)20-19(24)16-10-11-18(22-21-16)23-12-6-7-14(2)13-23/h4-5,8-11,14H,3,6-7,12-13H2,1-2H3,(H,20,24). The minimum Gasteiger partial charge on any atom is -0.492 e. The van der Waals surface area contributed by atoms with Crippen LogP contribution in [0.15, 0.2) is 36.4 Å². The summed E-state index contributed by atoms with van der Waals surface area (Å²) in [6.07, 6.45) is 2.42. The number of amides is 1. The van der Waals surface area contributed by atoms with E-state index in [-0.39, 0.29) is 5.91 Å². The van der Waals surface area contributed by atoms with E-state index in [1.807, 2.05) is 31.2 Å². The van der Waals surface area contributed by atoms with Crippen LogP contribution in [0.3, 0.4) is 0 Å². The number of para-hydroxylation sites is 2. The van der Waals surface area contributed by atoms with Crippen LogP contribution in [0.4, 0.5) is 11.5 Å². The number of ether oxygens (including phenoxy) is 1. The molecule has 1 saturated heterocycles. The molecule has 0 aliphatic carbocycles. The average Bonchev–Trinajstić information content (AvgIpc) is 2.64. The second-order valence-corrected chi connectivity index (χ2v) is 6.35. The smallest absolute Gasteiger partial charge is 0.276 e. The molecule has 1 fully saturated rings. The molecule has 1 aliphatic rings. The molecule has 1 aliphatic heterocycles. The number of carbonyl (C=O) groups is 1. The van der Waals surface area contributed by atoms with Crippen molar-refractivity contribution in [3.05, 3.63) is 42.1 Å². The maximum absolute atomic E-state index is 12.4. The predicted octanol–water partition coefficient (Wildman–Crippen LogP) is 3.36. The first-order valence-electron chi connectivity index (χ1n) is 8.79. The fourth-order valence-corrected chi connectivity index (χ4v) is 3.05. The first-order valence-corrected chi connectivity index (χ1v) is 8.79.